The molecule has 0 fully saturated rings. The van der Waals surface area contributed by atoms with E-state index in [9.17, 15) is 4.79 Å². The molecule has 25 heavy (non-hydrogen) atoms. The summed E-state index contributed by atoms with van der Waals surface area (Å²) in [6, 6.07) is 15.7. The topological polar surface area (TPSA) is 47.6 Å². The van der Waals surface area contributed by atoms with Gasteiger partial charge in [-0.1, -0.05) is 38.1 Å². The van der Waals surface area contributed by atoms with Crippen LogP contribution in [0.4, 0.5) is 0 Å². The van der Waals surface area contributed by atoms with Crippen LogP contribution in [-0.4, -0.2) is 20.1 Å². The quantitative estimate of drug-likeness (QED) is 0.784. The first kappa shape index (κ1) is 18.8. The van der Waals surface area contributed by atoms with Gasteiger partial charge in [-0.25, -0.2) is 0 Å². The molecule has 0 radical (unpaired) electrons. The van der Waals surface area contributed by atoms with Crippen LogP contribution < -0.4 is 14.8 Å². The van der Waals surface area contributed by atoms with Gasteiger partial charge in [-0.15, -0.1) is 0 Å². The molecule has 2 rings (SSSR count). The maximum atomic E-state index is 12.4. The summed E-state index contributed by atoms with van der Waals surface area (Å²) in [5.41, 5.74) is 2.22. The first-order chi connectivity index (χ1) is 12.0. The molecule has 4 heteroatoms. The summed E-state index contributed by atoms with van der Waals surface area (Å²) in [4.78, 5) is 12.4. The van der Waals surface area contributed by atoms with Gasteiger partial charge in [0.05, 0.1) is 20.3 Å². The Morgan fingerprint density at radius 3 is 1.92 bits per heavy atom. The third-order valence-electron chi connectivity index (χ3n) is 4.26. The van der Waals surface area contributed by atoms with Crippen LogP contribution in [0.5, 0.6) is 11.5 Å². The van der Waals surface area contributed by atoms with Crippen LogP contribution in [0, 0.1) is 5.92 Å². The van der Waals surface area contributed by atoms with E-state index in [4.69, 9.17) is 9.47 Å². The molecule has 0 aliphatic carbocycles. The molecule has 2 aromatic carbocycles. The molecule has 4 nitrogen and oxygen atoms in total. The van der Waals surface area contributed by atoms with Crippen molar-refractivity contribution in [3.05, 3.63) is 59.7 Å². The summed E-state index contributed by atoms with van der Waals surface area (Å²) in [6.45, 7) is 4.22. The van der Waals surface area contributed by atoms with Crippen molar-refractivity contribution in [3.63, 3.8) is 0 Å². The van der Waals surface area contributed by atoms with E-state index in [2.05, 4.69) is 19.2 Å². The largest absolute Gasteiger partial charge is 0.497 e. The molecule has 1 atom stereocenters. The predicted octanol–water partition coefficient (Wildman–Crippen LogP) is 4.15. The van der Waals surface area contributed by atoms with Crippen LogP contribution in [0.1, 0.15) is 37.4 Å². The van der Waals surface area contributed by atoms with Crippen molar-refractivity contribution in [2.75, 3.05) is 14.2 Å². The second kappa shape index (κ2) is 9.11. The van der Waals surface area contributed by atoms with Gasteiger partial charge in [0.25, 0.3) is 0 Å². The van der Waals surface area contributed by atoms with Crippen LogP contribution >= 0.6 is 0 Å². The molecular formula is C21H27NO3. The van der Waals surface area contributed by atoms with Gasteiger partial charge >= 0.3 is 0 Å². The number of rotatable bonds is 8. The Balaban J connectivity index is 1.94. The maximum absolute atomic E-state index is 12.4. The number of hydrogen-bond acceptors (Lipinski definition) is 3. The Hall–Kier alpha value is -2.49. The number of carbonyl (C=O) groups excluding carboxylic acids is 1. The first-order valence-electron chi connectivity index (χ1n) is 8.59. The number of amides is 1. The van der Waals surface area contributed by atoms with E-state index in [0.717, 1.165) is 22.6 Å². The average Bonchev–Trinajstić information content (AvgIpc) is 2.64. The van der Waals surface area contributed by atoms with Crippen molar-refractivity contribution in [1.29, 1.82) is 0 Å². The minimum absolute atomic E-state index is 0.00530. The second-order valence-electron chi connectivity index (χ2n) is 6.41. The van der Waals surface area contributed by atoms with Gasteiger partial charge in [-0.05, 0) is 47.7 Å². The summed E-state index contributed by atoms with van der Waals surface area (Å²) < 4.78 is 10.3. The summed E-state index contributed by atoms with van der Waals surface area (Å²) in [7, 11) is 3.30. The van der Waals surface area contributed by atoms with Crippen molar-refractivity contribution < 1.29 is 14.3 Å². The van der Waals surface area contributed by atoms with E-state index < -0.39 is 0 Å². The van der Waals surface area contributed by atoms with Gasteiger partial charge in [0, 0.05) is 6.42 Å². The zero-order valence-corrected chi connectivity index (χ0v) is 15.4. The molecule has 0 heterocycles. The number of carbonyl (C=O) groups is 1. The van der Waals surface area contributed by atoms with E-state index in [0.29, 0.717) is 18.8 Å². The summed E-state index contributed by atoms with van der Waals surface area (Å²) >= 11 is 0. The van der Waals surface area contributed by atoms with Crippen molar-refractivity contribution in [2.45, 2.75) is 32.7 Å². The van der Waals surface area contributed by atoms with Crippen molar-refractivity contribution >= 4 is 5.91 Å². The molecular weight excluding hydrogens is 314 g/mol. The number of ether oxygens (including phenoxy) is 2. The van der Waals surface area contributed by atoms with Crippen molar-refractivity contribution in [2.24, 2.45) is 5.92 Å². The number of methoxy groups -OCH3 is 2. The number of aryl methyl sites for hydroxylation is 1. The first-order valence-corrected chi connectivity index (χ1v) is 8.59. The van der Waals surface area contributed by atoms with E-state index >= 15 is 0 Å². The highest BCUT2D eigenvalue weighted by Gasteiger charge is 2.18. The molecule has 0 spiro atoms. The fraction of sp³-hybridized carbons (Fsp3) is 0.381. The van der Waals surface area contributed by atoms with Crippen LogP contribution in [0.3, 0.4) is 0 Å². The van der Waals surface area contributed by atoms with Gasteiger partial charge in [0.2, 0.25) is 5.91 Å². The van der Waals surface area contributed by atoms with E-state index in [1.54, 1.807) is 14.2 Å². The average molecular weight is 341 g/mol. The van der Waals surface area contributed by atoms with Gasteiger partial charge in [-0.3, -0.25) is 4.79 Å². The molecule has 0 saturated carbocycles. The van der Waals surface area contributed by atoms with Gasteiger partial charge in [0.1, 0.15) is 11.5 Å². The molecule has 1 amide bonds. The van der Waals surface area contributed by atoms with Gasteiger partial charge in [-0.2, -0.15) is 0 Å². The third kappa shape index (κ3) is 5.52. The van der Waals surface area contributed by atoms with Gasteiger partial charge in [0.15, 0.2) is 0 Å². The fourth-order valence-electron chi connectivity index (χ4n) is 2.74. The Labute approximate surface area is 150 Å². The normalized spacial score (nSPS) is 11.9. The predicted molar refractivity (Wildman–Crippen MR) is 100 cm³/mol. The molecule has 0 aliphatic rings. The van der Waals surface area contributed by atoms with E-state index in [-0.39, 0.29) is 11.9 Å². The van der Waals surface area contributed by atoms with Crippen molar-refractivity contribution in [3.8, 4) is 11.5 Å². The molecule has 0 bridgehead atoms. The Morgan fingerprint density at radius 1 is 0.920 bits per heavy atom. The molecule has 0 aliphatic heterocycles. The monoisotopic (exact) mass is 341 g/mol. The molecule has 1 unspecified atom stereocenters. The van der Waals surface area contributed by atoms with Crippen molar-refractivity contribution in [1.82, 2.24) is 5.32 Å². The zero-order valence-electron chi connectivity index (χ0n) is 15.4. The van der Waals surface area contributed by atoms with Gasteiger partial charge < -0.3 is 14.8 Å². The fourth-order valence-corrected chi connectivity index (χ4v) is 2.74. The number of benzene rings is 2. The van der Waals surface area contributed by atoms with E-state index in [1.807, 2.05) is 48.5 Å². The summed E-state index contributed by atoms with van der Waals surface area (Å²) in [5, 5.41) is 3.16. The molecule has 0 aromatic heterocycles. The highest BCUT2D eigenvalue weighted by Crippen LogP contribution is 2.24. The second-order valence-corrected chi connectivity index (χ2v) is 6.41. The van der Waals surface area contributed by atoms with E-state index in [1.165, 1.54) is 0 Å². The number of nitrogens with one attached hydrogen (secondary N) is 1. The lowest BCUT2D eigenvalue weighted by molar-refractivity contribution is -0.122. The highest BCUT2D eigenvalue weighted by atomic mass is 16.5. The maximum Gasteiger partial charge on any atom is 0.220 e. The van der Waals surface area contributed by atoms with Crippen LogP contribution in [0.25, 0.3) is 0 Å². The molecule has 2 aromatic rings. The minimum Gasteiger partial charge on any atom is -0.497 e. The lowest BCUT2D eigenvalue weighted by Crippen LogP contribution is -2.31. The Bertz CT molecular complexity index is 663. The highest BCUT2D eigenvalue weighted by molar-refractivity contribution is 5.76. The van der Waals surface area contributed by atoms with Crippen LogP contribution in [-0.2, 0) is 11.2 Å². The summed E-state index contributed by atoms with van der Waals surface area (Å²) in [5.74, 6) is 2.01. The molecule has 0 saturated heterocycles. The van der Waals surface area contributed by atoms with Crippen LogP contribution in [0.15, 0.2) is 48.5 Å². The Kier molecular flexibility index (Phi) is 6.87. The minimum atomic E-state index is -0.00530. The third-order valence-corrected chi connectivity index (χ3v) is 4.26. The standard InChI is InChI=1S/C21H27NO3/c1-15(2)21(17-8-12-19(25-4)13-9-17)22-20(23)14-7-16-5-10-18(24-3)11-6-16/h5-6,8-13,15,21H,7,14H2,1-4H3,(H,22,23). The SMILES string of the molecule is COc1ccc(CCC(=O)NC(c2ccc(OC)cc2)C(C)C)cc1. The smallest absolute Gasteiger partial charge is 0.220 e. The van der Waals surface area contributed by atoms with Crippen LogP contribution in [0.2, 0.25) is 0 Å². The zero-order chi connectivity index (χ0) is 18.2. The lowest BCUT2D eigenvalue weighted by atomic mass is 9.95. The number of hydrogen-bond donors (Lipinski definition) is 1. The summed E-state index contributed by atoms with van der Waals surface area (Å²) in [6.07, 6.45) is 1.18. The molecule has 134 valence electrons. The lowest BCUT2D eigenvalue weighted by Gasteiger charge is -2.23. The molecule has 1 N–H and O–H groups in total. The Morgan fingerprint density at radius 2 is 1.44 bits per heavy atom.